The van der Waals surface area contributed by atoms with Crippen LogP contribution in [0.5, 0.6) is 0 Å². The van der Waals surface area contributed by atoms with E-state index in [-0.39, 0.29) is 11.4 Å². The maximum Gasteiger partial charge on any atom is 0.306 e. The molecule has 3 heteroatoms. The zero-order valence-corrected chi connectivity index (χ0v) is 7.98. The summed E-state index contributed by atoms with van der Waals surface area (Å²) in [6, 6.07) is 0. The molecule has 0 spiro atoms. The zero-order chi connectivity index (χ0) is 9.03. The van der Waals surface area contributed by atoms with Gasteiger partial charge in [-0.2, -0.15) is 12.6 Å². The molecule has 2 nitrogen and oxygen atoms in total. The van der Waals surface area contributed by atoms with Crippen molar-refractivity contribution >= 4 is 18.6 Å². The fourth-order valence-electron chi connectivity index (χ4n) is 1.08. The van der Waals surface area contributed by atoms with Gasteiger partial charge in [-0.05, 0) is 24.0 Å². The molecular weight excluding hydrogens is 172 g/mol. The molecule has 1 rings (SSSR count). The molecule has 0 bridgehead atoms. The summed E-state index contributed by atoms with van der Waals surface area (Å²) in [5, 5.41) is 0. The van der Waals surface area contributed by atoms with E-state index in [2.05, 4.69) is 19.2 Å². The Morgan fingerprint density at radius 1 is 1.67 bits per heavy atom. The normalized spacial score (nSPS) is 18.4. The van der Waals surface area contributed by atoms with Gasteiger partial charge >= 0.3 is 5.97 Å². The predicted octanol–water partition coefficient (Wildman–Crippen LogP) is 1.82. The standard InChI is InChI=1S/C9H14O2S/c1-2-5-11-8(10)6-9(7-12)3-4-9/h2,12H,1,3-7H2. The third-order valence-corrected chi connectivity index (χ3v) is 2.84. The number of esters is 1. The van der Waals surface area contributed by atoms with Crippen LogP contribution < -0.4 is 0 Å². The molecule has 68 valence electrons. The first-order chi connectivity index (χ1) is 5.72. The Morgan fingerprint density at radius 3 is 2.75 bits per heavy atom. The fraction of sp³-hybridized carbons (Fsp3) is 0.667. The second kappa shape index (κ2) is 3.99. The molecule has 0 aromatic rings. The van der Waals surface area contributed by atoms with Crippen LogP contribution >= 0.6 is 12.6 Å². The first-order valence-electron chi connectivity index (χ1n) is 4.10. The molecule has 0 aromatic heterocycles. The third-order valence-electron chi connectivity index (χ3n) is 2.17. The van der Waals surface area contributed by atoms with Crippen molar-refractivity contribution in [3.05, 3.63) is 12.7 Å². The van der Waals surface area contributed by atoms with Gasteiger partial charge in [-0.1, -0.05) is 12.7 Å². The van der Waals surface area contributed by atoms with Crippen LogP contribution in [0.15, 0.2) is 12.7 Å². The number of carbonyl (C=O) groups excluding carboxylic acids is 1. The van der Waals surface area contributed by atoms with Crippen LogP contribution in [0.25, 0.3) is 0 Å². The first kappa shape index (κ1) is 9.65. The van der Waals surface area contributed by atoms with Crippen LogP contribution in [0, 0.1) is 5.41 Å². The molecule has 0 heterocycles. The van der Waals surface area contributed by atoms with Gasteiger partial charge in [-0.25, -0.2) is 0 Å². The van der Waals surface area contributed by atoms with Crippen molar-refractivity contribution in [2.24, 2.45) is 5.41 Å². The number of thiol groups is 1. The van der Waals surface area contributed by atoms with Crippen molar-refractivity contribution in [2.45, 2.75) is 19.3 Å². The van der Waals surface area contributed by atoms with Crippen molar-refractivity contribution < 1.29 is 9.53 Å². The molecule has 0 N–H and O–H groups in total. The highest BCUT2D eigenvalue weighted by Crippen LogP contribution is 2.49. The molecule has 0 atom stereocenters. The van der Waals surface area contributed by atoms with Crippen LogP contribution in [0.2, 0.25) is 0 Å². The highest BCUT2D eigenvalue weighted by molar-refractivity contribution is 7.80. The SMILES string of the molecule is C=CCOC(=O)CC1(CS)CC1. The molecule has 1 fully saturated rings. The Labute approximate surface area is 78.4 Å². The van der Waals surface area contributed by atoms with Crippen molar-refractivity contribution in [2.75, 3.05) is 12.4 Å². The first-order valence-corrected chi connectivity index (χ1v) is 4.73. The fourth-order valence-corrected chi connectivity index (χ4v) is 1.50. The Kier molecular flexibility index (Phi) is 3.20. The molecule has 0 unspecified atom stereocenters. The van der Waals surface area contributed by atoms with Crippen LogP contribution in [0.3, 0.4) is 0 Å². The lowest BCUT2D eigenvalue weighted by atomic mass is 10.1. The minimum absolute atomic E-state index is 0.124. The maximum absolute atomic E-state index is 11.1. The van der Waals surface area contributed by atoms with Gasteiger partial charge in [0.25, 0.3) is 0 Å². The van der Waals surface area contributed by atoms with Gasteiger partial charge in [0.1, 0.15) is 6.61 Å². The highest BCUT2D eigenvalue weighted by Gasteiger charge is 2.43. The number of rotatable bonds is 5. The van der Waals surface area contributed by atoms with E-state index in [1.54, 1.807) is 6.08 Å². The average molecular weight is 186 g/mol. The van der Waals surface area contributed by atoms with E-state index in [1.165, 1.54) is 0 Å². The van der Waals surface area contributed by atoms with Crippen molar-refractivity contribution in [3.63, 3.8) is 0 Å². The zero-order valence-electron chi connectivity index (χ0n) is 7.08. The third kappa shape index (κ3) is 2.55. The van der Waals surface area contributed by atoms with Crippen molar-refractivity contribution in [1.82, 2.24) is 0 Å². The van der Waals surface area contributed by atoms with Crippen molar-refractivity contribution in [3.8, 4) is 0 Å². The minimum Gasteiger partial charge on any atom is -0.461 e. The number of carbonyl (C=O) groups is 1. The van der Waals surface area contributed by atoms with Crippen LogP contribution in [-0.4, -0.2) is 18.3 Å². The summed E-state index contributed by atoms with van der Waals surface area (Å²) in [6.07, 6.45) is 4.32. The summed E-state index contributed by atoms with van der Waals surface area (Å²) >= 11 is 4.20. The van der Waals surface area contributed by atoms with Gasteiger partial charge in [0.15, 0.2) is 0 Å². The van der Waals surface area contributed by atoms with E-state index in [0.717, 1.165) is 18.6 Å². The highest BCUT2D eigenvalue weighted by atomic mass is 32.1. The molecule has 0 aromatic carbocycles. The molecule has 0 amide bonds. The van der Waals surface area contributed by atoms with Crippen LogP contribution in [-0.2, 0) is 9.53 Å². The number of hydrogen-bond donors (Lipinski definition) is 1. The summed E-state index contributed by atoms with van der Waals surface area (Å²) in [7, 11) is 0. The minimum atomic E-state index is -0.124. The van der Waals surface area contributed by atoms with E-state index in [0.29, 0.717) is 13.0 Å². The molecule has 1 aliphatic carbocycles. The molecule has 0 saturated heterocycles. The molecule has 1 aliphatic rings. The predicted molar refractivity (Wildman–Crippen MR) is 51.3 cm³/mol. The van der Waals surface area contributed by atoms with Gasteiger partial charge in [-0.15, -0.1) is 0 Å². The lowest BCUT2D eigenvalue weighted by Gasteiger charge is -2.09. The smallest absolute Gasteiger partial charge is 0.306 e. The van der Waals surface area contributed by atoms with E-state index in [9.17, 15) is 4.79 Å². The molecule has 0 radical (unpaired) electrons. The van der Waals surface area contributed by atoms with Crippen LogP contribution in [0.4, 0.5) is 0 Å². The van der Waals surface area contributed by atoms with Gasteiger partial charge in [0.2, 0.25) is 0 Å². The van der Waals surface area contributed by atoms with Crippen molar-refractivity contribution in [1.29, 1.82) is 0 Å². The molecule has 12 heavy (non-hydrogen) atoms. The van der Waals surface area contributed by atoms with Gasteiger partial charge < -0.3 is 4.74 Å². The average Bonchev–Trinajstić information content (AvgIpc) is 2.82. The van der Waals surface area contributed by atoms with E-state index < -0.39 is 0 Å². The second-order valence-electron chi connectivity index (χ2n) is 3.31. The summed E-state index contributed by atoms with van der Waals surface area (Å²) < 4.78 is 4.88. The Hall–Kier alpha value is -0.440. The number of hydrogen-bond acceptors (Lipinski definition) is 3. The van der Waals surface area contributed by atoms with E-state index >= 15 is 0 Å². The van der Waals surface area contributed by atoms with Gasteiger partial charge in [-0.3, -0.25) is 4.79 Å². The lowest BCUT2D eigenvalue weighted by Crippen LogP contribution is -2.13. The largest absolute Gasteiger partial charge is 0.461 e. The summed E-state index contributed by atoms with van der Waals surface area (Å²) in [5.74, 6) is 0.664. The van der Waals surface area contributed by atoms with Gasteiger partial charge in [0.05, 0.1) is 6.42 Å². The Balaban J connectivity index is 2.21. The van der Waals surface area contributed by atoms with E-state index in [4.69, 9.17) is 4.74 Å². The summed E-state index contributed by atoms with van der Waals surface area (Å²) in [5.41, 5.74) is 0.168. The second-order valence-corrected chi connectivity index (χ2v) is 3.62. The Morgan fingerprint density at radius 2 is 2.33 bits per heavy atom. The topological polar surface area (TPSA) is 26.3 Å². The Bertz CT molecular complexity index is 185. The summed E-state index contributed by atoms with van der Waals surface area (Å²) in [4.78, 5) is 11.1. The monoisotopic (exact) mass is 186 g/mol. The molecule has 0 aliphatic heterocycles. The summed E-state index contributed by atoms with van der Waals surface area (Å²) in [6.45, 7) is 3.79. The van der Waals surface area contributed by atoms with Crippen LogP contribution in [0.1, 0.15) is 19.3 Å². The van der Waals surface area contributed by atoms with E-state index in [1.807, 2.05) is 0 Å². The lowest BCUT2D eigenvalue weighted by molar-refractivity contribution is -0.143. The molecule has 1 saturated carbocycles. The molecular formula is C9H14O2S. The maximum atomic E-state index is 11.1. The number of ether oxygens (including phenoxy) is 1. The quantitative estimate of drug-likeness (QED) is 0.402. The van der Waals surface area contributed by atoms with Gasteiger partial charge in [0, 0.05) is 0 Å².